The molecule has 2 rings (SSSR count). The van der Waals surface area contributed by atoms with Gasteiger partial charge in [0, 0.05) is 24.3 Å². The normalized spacial score (nSPS) is 10.6. The third-order valence-corrected chi connectivity index (χ3v) is 2.95. The van der Waals surface area contributed by atoms with Gasteiger partial charge in [-0.3, -0.25) is 5.10 Å². The third kappa shape index (κ3) is 4.10. The molecule has 0 spiro atoms. The summed E-state index contributed by atoms with van der Waals surface area (Å²) >= 11 is 0. The molecule has 0 fully saturated rings. The highest BCUT2D eigenvalue weighted by molar-refractivity contribution is 5.28. The van der Waals surface area contributed by atoms with Crippen LogP contribution in [0.3, 0.4) is 0 Å². The minimum atomic E-state index is 0.769. The molecule has 0 bridgehead atoms. The molecule has 0 unspecified atom stereocenters. The van der Waals surface area contributed by atoms with Gasteiger partial charge in [-0.1, -0.05) is 19.1 Å². The first-order chi connectivity index (χ1) is 9.29. The van der Waals surface area contributed by atoms with Gasteiger partial charge >= 0.3 is 0 Å². The van der Waals surface area contributed by atoms with Crippen molar-refractivity contribution in [1.29, 1.82) is 0 Å². The van der Waals surface area contributed by atoms with Crippen LogP contribution in [0.25, 0.3) is 0 Å². The van der Waals surface area contributed by atoms with Gasteiger partial charge in [0.25, 0.3) is 0 Å². The topological polar surface area (TPSA) is 49.9 Å². The van der Waals surface area contributed by atoms with Crippen molar-refractivity contribution < 1.29 is 4.74 Å². The maximum absolute atomic E-state index is 5.62. The minimum absolute atomic E-state index is 0.769. The van der Waals surface area contributed by atoms with Crippen molar-refractivity contribution in [1.82, 2.24) is 15.5 Å². The Hall–Kier alpha value is -1.81. The summed E-state index contributed by atoms with van der Waals surface area (Å²) in [6.45, 7) is 6.56. The van der Waals surface area contributed by atoms with Crippen LogP contribution in [-0.4, -0.2) is 16.8 Å². The number of ether oxygens (including phenoxy) is 1. The van der Waals surface area contributed by atoms with Crippen LogP contribution < -0.4 is 10.1 Å². The number of hydrogen-bond acceptors (Lipinski definition) is 3. The SMILES string of the molecule is CCCOc1cccc(CNCc2cn[nH]c2C)c1. The summed E-state index contributed by atoms with van der Waals surface area (Å²) in [6.07, 6.45) is 2.89. The van der Waals surface area contributed by atoms with Gasteiger partial charge in [-0.05, 0) is 31.0 Å². The second-order valence-electron chi connectivity index (χ2n) is 4.62. The van der Waals surface area contributed by atoms with Gasteiger partial charge in [0.1, 0.15) is 5.75 Å². The fourth-order valence-electron chi connectivity index (χ4n) is 1.86. The van der Waals surface area contributed by atoms with Gasteiger partial charge in [0.15, 0.2) is 0 Å². The zero-order valence-electron chi connectivity index (χ0n) is 11.6. The van der Waals surface area contributed by atoms with Crippen molar-refractivity contribution in [3.05, 3.63) is 47.3 Å². The van der Waals surface area contributed by atoms with Crippen LogP contribution in [0.1, 0.15) is 30.2 Å². The number of benzene rings is 1. The first kappa shape index (κ1) is 13.6. The van der Waals surface area contributed by atoms with E-state index in [0.717, 1.165) is 37.6 Å². The summed E-state index contributed by atoms with van der Waals surface area (Å²) in [5, 5.41) is 10.4. The minimum Gasteiger partial charge on any atom is -0.494 e. The van der Waals surface area contributed by atoms with E-state index in [9.17, 15) is 0 Å². The van der Waals surface area contributed by atoms with E-state index in [-0.39, 0.29) is 0 Å². The van der Waals surface area contributed by atoms with Crippen molar-refractivity contribution in [2.24, 2.45) is 0 Å². The van der Waals surface area contributed by atoms with E-state index >= 15 is 0 Å². The first-order valence-electron chi connectivity index (χ1n) is 6.71. The molecule has 1 aromatic carbocycles. The Balaban J connectivity index is 1.84. The van der Waals surface area contributed by atoms with Crippen LogP contribution in [0.4, 0.5) is 0 Å². The van der Waals surface area contributed by atoms with Gasteiger partial charge in [-0.25, -0.2) is 0 Å². The predicted molar refractivity (Wildman–Crippen MR) is 76.1 cm³/mol. The summed E-state index contributed by atoms with van der Waals surface area (Å²) in [7, 11) is 0. The van der Waals surface area contributed by atoms with Crippen LogP contribution in [-0.2, 0) is 13.1 Å². The molecule has 4 nitrogen and oxygen atoms in total. The number of aromatic nitrogens is 2. The molecule has 0 radical (unpaired) electrons. The second-order valence-corrected chi connectivity index (χ2v) is 4.62. The lowest BCUT2D eigenvalue weighted by molar-refractivity contribution is 0.317. The number of aryl methyl sites for hydroxylation is 1. The molecule has 0 amide bonds. The molecule has 2 aromatic rings. The molecule has 0 aliphatic carbocycles. The van der Waals surface area contributed by atoms with E-state index in [4.69, 9.17) is 4.74 Å². The van der Waals surface area contributed by atoms with Crippen molar-refractivity contribution in [3.8, 4) is 5.75 Å². The van der Waals surface area contributed by atoms with E-state index in [0.29, 0.717) is 0 Å². The molecular weight excluding hydrogens is 238 g/mol. The molecule has 1 heterocycles. The van der Waals surface area contributed by atoms with E-state index in [1.54, 1.807) is 0 Å². The van der Waals surface area contributed by atoms with Gasteiger partial charge in [0.05, 0.1) is 12.8 Å². The summed E-state index contributed by atoms with van der Waals surface area (Å²) in [6, 6.07) is 8.23. The van der Waals surface area contributed by atoms with Crippen molar-refractivity contribution in [2.75, 3.05) is 6.61 Å². The standard InChI is InChI=1S/C15H21N3O/c1-3-7-19-15-6-4-5-13(8-15)9-16-10-14-11-17-18-12(14)2/h4-6,8,11,16H,3,7,9-10H2,1-2H3,(H,17,18). The van der Waals surface area contributed by atoms with Crippen LogP contribution in [0, 0.1) is 6.92 Å². The molecule has 0 aliphatic heterocycles. The maximum atomic E-state index is 5.62. The Morgan fingerprint density at radius 3 is 2.95 bits per heavy atom. The molecule has 102 valence electrons. The number of aromatic amines is 1. The predicted octanol–water partition coefficient (Wildman–Crippen LogP) is 2.80. The Kier molecular flexibility index (Phi) is 4.98. The van der Waals surface area contributed by atoms with Crippen molar-refractivity contribution >= 4 is 0 Å². The molecule has 0 atom stereocenters. The monoisotopic (exact) mass is 259 g/mol. The molecule has 2 N–H and O–H groups in total. The Bertz CT molecular complexity index is 508. The molecule has 0 saturated heterocycles. The zero-order chi connectivity index (χ0) is 13.5. The molecule has 0 saturated carbocycles. The molecule has 1 aromatic heterocycles. The maximum Gasteiger partial charge on any atom is 0.119 e. The number of rotatable bonds is 7. The van der Waals surface area contributed by atoms with Crippen LogP contribution in [0.15, 0.2) is 30.5 Å². The number of nitrogens with one attached hydrogen (secondary N) is 2. The lowest BCUT2D eigenvalue weighted by Gasteiger charge is -2.08. The summed E-state index contributed by atoms with van der Waals surface area (Å²) in [4.78, 5) is 0. The molecule has 19 heavy (non-hydrogen) atoms. The molecule has 0 aliphatic rings. The summed E-state index contributed by atoms with van der Waals surface area (Å²) < 4.78 is 5.62. The fourth-order valence-corrected chi connectivity index (χ4v) is 1.86. The second kappa shape index (κ2) is 6.95. The average Bonchev–Trinajstić information content (AvgIpc) is 2.83. The summed E-state index contributed by atoms with van der Waals surface area (Å²) in [5.41, 5.74) is 3.56. The van der Waals surface area contributed by atoms with Gasteiger partial charge in [-0.2, -0.15) is 5.10 Å². The van der Waals surface area contributed by atoms with Gasteiger partial charge in [0.2, 0.25) is 0 Å². The first-order valence-corrected chi connectivity index (χ1v) is 6.71. The number of nitrogens with zero attached hydrogens (tertiary/aromatic N) is 1. The molecule has 4 heteroatoms. The highest BCUT2D eigenvalue weighted by atomic mass is 16.5. The number of hydrogen-bond donors (Lipinski definition) is 2. The Morgan fingerprint density at radius 1 is 1.32 bits per heavy atom. The highest BCUT2D eigenvalue weighted by Crippen LogP contribution is 2.13. The zero-order valence-corrected chi connectivity index (χ0v) is 11.6. The number of H-pyrrole nitrogens is 1. The van der Waals surface area contributed by atoms with Crippen LogP contribution in [0.2, 0.25) is 0 Å². The summed E-state index contributed by atoms with van der Waals surface area (Å²) in [5.74, 6) is 0.945. The lowest BCUT2D eigenvalue weighted by atomic mass is 10.2. The van der Waals surface area contributed by atoms with Gasteiger partial charge < -0.3 is 10.1 Å². The van der Waals surface area contributed by atoms with E-state index in [2.05, 4.69) is 34.6 Å². The Labute approximate surface area is 114 Å². The van der Waals surface area contributed by atoms with Crippen LogP contribution >= 0.6 is 0 Å². The van der Waals surface area contributed by atoms with Crippen molar-refractivity contribution in [2.45, 2.75) is 33.4 Å². The average molecular weight is 259 g/mol. The van der Waals surface area contributed by atoms with E-state index in [1.165, 1.54) is 11.1 Å². The lowest BCUT2D eigenvalue weighted by Crippen LogP contribution is -2.13. The Morgan fingerprint density at radius 2 is 2.21 bits per heavy atom. The largest absolute Gasteiger partial charge is 0.494 e. The third-order valence-electron chi connectivity index (χ3n) is 2.95. The molecular formula is C15H21N3O. The fraction of sp³-hybridized carbons (Fsp3) is 0.400. The quantitative estimate of drug-likeness (QED) is 0.804. The van der Waals surface area contributed by atoms with Gasteiger partial charge in [-0.15, -0.1) is 0 Å². The van der Waals surface area contributed by atoms with Crippen LogP contribution in [0.5, 0.6) is 5.75 Å². The smallest absolute Gasteiger partial charge is 0.119 e. The highest BCUT2D eigenvalue weighted by Gasteiger charge is 2.00. The van der Waals surface area contributed by atoms with Crippen molar-refractivity contribution in [3.63, 3.8) is 0 Å². The van der Waals surface area contributed by atoms with E-state index in [1.807, 2.05) is 25.3 Å². The van der Waals surface area contributed by atoms with E-state index < -0.39 is 0 Å².